The van der Waals surface area contributed by atoms with Gasteiger partial charge in [0.15, 0.2) is 0 Å². The Morgan fingerprint density at radius 1 is 1.12 bits per heavy atom. The summed E-state index contributed by atoms with van der Waals surface area (Å²) in [6.45, 7) is 1.28. The first-order valence-electron chi connectivity index (χ1n) is 7.86. The summed E-state index contributed by atoms with van der Waals surface area (Å²) in [5, 5.41) is 0. The molecule has 124 valence electrons. The third kappa shape index (κ3) is 3.31. The topological polar surface area (TPSA) is 72.6 Å². The number of rotatable bonds is 4. The molecule has 2 aromatic carbocycles. The SMILES string of the molecule is COC(=O)c1ccc(CN2Cc3ccccc3C[C@@H]2C(N)=O)cc1. The molecule has 0 radical (unpaired) electrons. The molecule has 1 aliphatic rings. The number of hydrogen-bond donors (Lipinski definition) is 1. The number of benzene rings is 2. The number of nitrogens with two attached hydrogens (primary N) is 1. The lowest BCUT2D eigenvalue weighted by atomic mass is 9.93. The molecule has 3 rings (SSSR count). The van der Waals surface area contributed by atoms with E-state index in [1.807, 2.05) is 30.3 Å². The smallest absolute Gasteiger partial charge is 0.337 e. The Morgan fingerprint density at radius 2 is 1.79 bits per heavy atom. The van der Waals surface area contributed by atoms with Crippen LogP contribution in [0, 0.1) is 0 Å². The van der Waals surface area contributed by atoms with E-state index in [1.54, 1.807) is 12.1 Å². The van der Waals surface area contributed by atoms with Gasteiger partial charge in [-0.1, -0.05) is 36.4 Å². The largest absolute Gasteiger partial charge is 0.465 e. The average Bonchev–Trinajstić information content (AvgIpc) is 2.61. The summed E-state index contributed by atoms with van der Waals surface area (Å²) in [7, 11) is 1.36. The molecule has 1 heterocycles. The van der Waals surface area contributed by atoms with Crippen LogP contribution in [0.3, 0.4) is 0 Å². The Balaban J connectivity index is 1.80. The van der Waals surface area contributed by atoms with E-state index in [-0.39, 0.29) is 17.9 Å². The molecule has 0 saturated heterocycles. The van der Waals surface area contributed by atoms with Crippen LogP contribution in [0.2, 0.25) is 0 Å². The van der Waals surface area contributed by atoms with Crippen LogP contribution in [-0.4, -0.2) is 29.9 Å². The van der Waals surface area contributed by atoms with Gasteiger partial charge >= 0.3 is 5.97 Å². The molecule has 24 heavy (non-hydrogen) atoms. The van der Waals surface area contributed by atoms with Crippen LogP contribution < -0.4 is 5.73 Å². The Kier molecular flexibility index (Phi) is 4.62. The minimum absolute atomic E-state index is 0.310. The molecule has 1 aliphatic heterocycles. The molecule has 2 aromatic rings. The van der Waals surface area contributed by atoms with Crippen LogP contribution in [0.4, 0.5) is 0 Å². The number of methoxy groups -OCH3 is 1. The highest BCUT2D eigenvalue weighted by molar-refractivity contribution is 5.89. The zero-order chi connectivity index (χ0) is 17.1. The van der Waals surface area contributed by atoms with Gasteiger partial charge < -0.3 is 10.5 Å². The molecule has 5 nitrogen and oxygen atoms in total. The fourth-order valence-electron chi connectivity index (χ4n) is 3.12. The number of hydrogen-bond acceptors (Lipinski definition) is 4. The fourth-order valence-corrected chi connectivity index (χ4v) is 3.12. The van der Waals surface area contributed by atoms with Crippen LogP contribution in [0.25, 0.3) is 0 Å². The summed E-state index contributed by atoms with van der Waals surface area (Å²) in [6, 6.07) is 15.0. The van der Waals surface area contributed by atoms with Gasteiger partial charge in [-0.3, -0.25) is 9.69 Å². The van der Waals surface area contributed by atoms with E-state index in [1.165, 1.54) is 18.2 Å². The molecule has 0 bridgehead atoms. The molecule has 0 saturated carbocycles. The number of esters is 1. The highest BCUT2D eigenvalue weighted by atomic mass is 16.5. The maximum absolute atomic E-state index is 11.9. The summed E-state index contributed by atoms with van der Waals surface area (Å²) in [5.74, 6) is -0.667. The van der Waals surface area contributed by atoms with Crippen molar-refractivity contribution in [2.75, 3.05) is 7.11 Å². The van der Waals surface area contributed by atoms with Gasteiger partial charge in [0, 0.05) is 13.1 Å². The van der Waals surface area contributed by atoms with Crippen LogP contribution in [0.15, 0.2) is 48.5 Å². The summed E-state index contributed by atoms with van der Waals surface area (Å²) < 4.78 is 4.70. The second-order valence-corrected chi connectivity index (χ2v) is 5.98. The first kappa shape index (κ1) is 16.2. The number of amides is 1. The van der Waals surface area contributed by atoms with E-state index < -0.39 is 0 Å². The molecule has 2 N–H and O–H groups in total. The first-order valence-corrected chi connectivity index (χ1v) is 7.86. The molecular weight excluding hydrogens is 304 g/mol. The second-order valence-electron chi connectivity index (χ2n) is 5.98. The third-order valence-electron chi connectivity index (χ3n) is 4.43. The van der Waals surface area contributed by atoms with Gasteiger partial charge in [0.25, 0.3) is 0 Å². The van der Waals surface area contributed by atoms with E-state index in [9.17, 15) is 9.59 Å². The number of carbonyl (C=O) groups is 2. The number of fused-ring (bicyclic) bond motifs is 1. The monoisotopic (exact) mass is 324 g/mol. The molecule has 1 amide bonds. The predicted molar refractivity (Wildman–Crippen MR) is 90.2 cm³/mol. The van der Waals surface area contributed by atoms with E-state index in [0.717, 1.165) is 5.56 Å². The number of nitrogens with zero attached hydrogens (tertiary/aromatic N) is 1. The van der Waals surface area contributed by atoms with Gasteiger partial charge in [0.05, 0.1) is 18.7 Å². The number of carbonyl (C=O) groups excluding carboxylic acids is 2. The summed E-state index contributed by atoms with van der Waals surface area (Å²) in [6.07, 6.45) is 0.631. The van der Waals surface area contributed by atoms with Crippen LogP contribution >= 0.6 is 0 Å². The minimum atomic E-state index is -0.358. The number of primary amides is 1. The Morgan fingerprint density at radius 3 is 2.42 bits per heavy atom. The van der Waals surface area contributed by atoms with E-state index in [2.05, 4.69) is 11.0 Å². The molecule has 0 fully saturated rings. The maximum Gasteiger partial charge on any atom is 0.337 e. The van der Waals surface area contributed by atoms with Gasteiger partial charge in [-0.05, 0) is 35.2 Å². The van der Waals surface area contributed by atoms with Crippen molar-refractivity contribution in [3.05, 3.63) is 70.8 Å². The van der Waals surface area contributed by atoms with Gasteiger partial charge in [-0.2, -0.15) is 0 Å². The van der Waals surface area contributed by atoms with Gasteiger partial charge in [0.2, 0.25) is 5.91 Å². The van der Waals surface area contributed by atoms with Crippen molar-refractivity contribution in [3.8, 4) is 0 Å². The van der Waals surface area contributed by atoms with Crippen molar-refractivity contribution in [1.82, 2.24) is 4.90 Å². The predicted octanol–water partition coefficient (Wildman–Crippen LogP) is 1.89. The quantitative estimate of drug-likeness (QED) is 0.872. The molecule has 1 atom stereocenters. The molecular formula is C19H20N2O3. The summed E-state index contributed by atoms with van der Waals surface area (Å²) in [4.78, 5) is 25.4. The minimum Gasteiger partial charge on any atom is -0.465 e. The molecule has 5 heteroatoms. The van der Waals surface area contributed by atoms with Gasteiger partial charge in [-0.25, -0.2) is 4.79 Å². The van der Waals surface area contributed by atoms with Crippen molar-refractivity contribution in [1.29, 1.82) is 0 Å². The first-order chi connectivity index (χ1) is 11.6. The lowest BCUT2D eigenvalue weighted by Crippen LogP contribution is -2.48. The average molecular weight is 324 g/mol. The second kappa shape index (κ2) is 6.84. The third-order valence-corrected chi connectivity index (χ3v) is 4.43. The van der Waals surface area contributed by atoms with E-state index in [0.29, 0.717) is 25.1 Å². The lowest BCUT2D eigenvalue weighted by molar-refractivity contribution is -0.124. The molecule has 0 aliphatic carbocycles. The molecule has 0 unspecified atom stereocenters. The van der Waals surface area contributed by atoms with Crippen LogP contribution in [-0.2, 0) is 29.0 Å². The van der Waals surface area contributed by atoms with Crippen molar-refractivity contribution in [2.45, 2.75) is 25.6 Å². The van der Waals surface area contributed by atoms with Crippen molar-refractivity contribution >= 4 is 11.9 Å². The van der Waals surface area contributed by atoms with E-state index in [4.69, 9.17) is 10.5 Å². The highest BCUT2D eigenvalue weighted by Gasteiger charge is 2.29. The standard InChI is InChI=1S/C19H20N2O3/c1-24-19(23)14-8-6-13(7-9-14)11-21-12-16-5-3-2-4-15(16)10-17(21)18(20)22/h2-9,17H,10-12H2,1H3,(H2,20,22)/t17-/m1/s1. The Bertz CT molecular complexity index is 755. The van der Waals surface area contributed by atoms with E-state index >= 15 is 0 Å². The van der Waals surface area contributed by atoms with Crippen LogP contribution in [0.5, 0.6) is 0 Å². The van der Waals surface area contributed by atoms with Crippen molar-refractivity contribution < 1.29 is 14.3 Å². The van der Waals surface area contributed by atoms with Crippen molar-refractivity contribution in [3.63, 3.8) is 0 Å². The van der Waals surface area contributed by atoms with Crippen LogP contribution in [0.1, 0.15) is 27.0 Å². The summed E-state index contributed by atoms with van der Waals surface area (Å²) >= 11 is 0. The fraction of sp³-hybridized carbons (Fsp3) is 0.263. The Hall–Kier alpha value is -2.66. The highest BCUT2D eigenvalue weighted by Crippen LogP contribution is 2.25. The van der Waals surface area contributed by atoms with Gasteiger partial charge in [-0.15, -0.1) is 0 Å². The zero-order valence-corrected chi connectivity index (χ0v) is 13.6. The van der Waals surface area contributed by atoms with Gasteiger partial charge in [0.1, 0.15) is 0 Å². The maximum atomic E-state index is 11.9. The normalized spacial score (nSPS) is 17.1. The summed E-state index contributed by atoms with van der Waals surface area (Å²) in [5.41, 5.74) is 9.54. The Labute approximate surface area is 141 Å². The zero-order valence-electron chi connectivity index (χ0n) is 13.6. The van der Waals surface area contributed by atoms with Crippen molar-refractivity contribution in [2.24, 2.45) is 5.73 Å². The lowest BCUT2D eigenvalue weighted by Gasteiger charge is -2.35. The molecule has 0 aromatic heterocycles. The number of ether oxygens (including phenoxy) is 1. The molecule has 0 spiro atoms.